The van der Waals surface area contributed by atoms with Crippen molar-refractivity contribution < 1.29 is 19.1 Å². The van der Waals surface area contributed by atoms with Gasteiger partial charge in [-0.3, -0.25) is 4.79 Å². The van der Waals surface area contributed by atoms with Gasteiger partial charge in [0, 0.05) is 12.2 Å². The van der Waals surface area contributed by atoms with E-state index >= 15 is 0 Å². The van der Waals surface area contributed by atoms with Crippen LogP contribution < -0.4 is 15.4 Å². The molecule has 0 spiro atoms. The molecule has 126 valence electrons. The molecule has 2 unspecified atom stereocenters. The molecule has 1 aromatic heterocycles. The lowest BCUT2D eigenvalue weighted by Gasteiger charge is -2.24. The van der Waals surface area contributed by atoms with Crippen LogP contribution in [0, 0.1) is 5.92 Å². The molecule has 0 aromatic carbocycles. The van der Waals surface area contributed by atoms with E-state index in [1.165, 1.54) is 14.2 Å². The molecule has 2 rings (SSSR count). The molecule has 1 heterocycles. The number of anilines is 1. The van der Waals surface area contributed by atoms with Crippen LogP contribution in [-0.4, -0.2) is 37.2 Å². The Hall–Kier alpha value is -2.31. The molecule has 1 saturated carbocycles. The van der Waals surface area contributed by atoms with E-state index in [1.54, 1.807) is 18.3 Å². The van der Waals surface area contributed by atoms with E-state index < -0.39 is 0 Å². The lowest BCUT2D eigenvalue weighted by Crippen LogP contribution is -2.45. The number of nitrogens with zero attached hydrogens (tertiary/aromatic N) is 1. The van der Waals surface area contributed by atoms with Crippen LogP contribution in [0.1, 0.15) is 32.1 Å². The second-order valence-corrected chi connectivity index (χ2v) is 5.53. The quantitative estimate of drug-likeness (QED) is 0.656. The highest BCUT2D eigenvalue weighted by Crippen LogP contribution is 2.25. The Morgan fingerprint density at radius 1 is 1.22 bits per heavy atom. The summed E-state index contributed by atoms with van der Waals surface area (Å²) in [6.07, 6.45) is 6.08. The molecule has 7 nitrogen and oxygen atoms in total. The van der Waals surface area contributed by atoms with Crippen LogP contribution >= 0.6 is 0 Å². The number of urea groups is 1. The summed E-state index contributed by atoms with van der Waals surface area (Å²) in [5, 5.41) is 5.61. The summed E-state index contributed by atoms with van der Waals surface area (Å²) in [4.78, 5) is 28.2. The van der Waals surface area contributed by atoms with Crippen molar-refractivity contribution >= 4 is 17.7 Å². The van der Waals surface area contributed by atoms with Crippen molar-refractivity contribution in [3.8, 4) is 5.88 Å². The molecule has 23 heavy (non-hydrogen) atoms. The third kappa shape index (κ3) is 4.58. The van der Waals surface area contributed by atoms with Gasteiger partial charge < -0.3 is 20.1 Å². The summed E-state index contributed by atoms with van der Waals surface area (Å²) in [5.41, 5.74) is 0.482. The zero-order chi connectivity index (χ0) is 16.7. The summed E-state index contributed by atoms with van der Waals surface area (Å²) in [7, 11) is 2.87. The summed E-state index contributed by atoms with van der Waals surface area (Å²) >= 11 is 0. The summed E-state index contributed by atoms with van der Waals surface area (Å²) in [5.74, 6) is -0.228. The Balaban J connectivity index is 2.03. The SMILES string of the molecule is COC(=O)C1CCCCCC1NC(=O)Nc1cccnc1OC. The van der Waals surface area contributed by atoms with Crippen molar-refractivity contribution in [1.29, 1.82) is 0 Å². The maximum Gasteiger partial charge on any atom is 0.319 e. The fraction of sp³-hybridized carbons (Fsp3) is 0.562. The summed E-state index contributed by atoms with van der Waals surface area (Å²) < 4.78 is 9.98. The van der Waals surface area contributed by atoms with Crippen LogP contribution in [0.3, 0.4) is 0 Å². The van der Waals surface area contributed by atoms with Crippen LogP contribution in [0.4, 0.5) is 10.5 Å². The first kappa shape index (κ1) is 17.1. The number of ether oxygens (including phenoxy) is 2. The lowest BCUT2D eigenvalue weighted by molar-refractivity contribution is -0.146. The predicted molar refractivity (Wildman–Crippen MR) is 85.3 cm³/mol. The number of hydrogen-bond donors (Lipinski definition) is 2. The third-order valence-corrected chi connectivity index (χ3v) is 4.05. The maximum absolute atomic E-state index is 12.3. The first-order chi connectivity index (χ1) is 11.2. The molecule has 2 N–H and O–H groups in total. The van der Waals surface area contributed by atoms with E-state index in [2.05, 4.69) is 15.6 Å². The first-order valence-corrected chi connectivity index (χ1v) is 7.80. The molecule has 0 bridgehead atoms. The zero-order valence-corrected chi connectivity index (χ0v) is 13.5. The molecule has 1 aliphatic carbocycles. The number of pyridine rings is 1. The minimum absolute atomic E-state index is 0.229. The molecule has 1 fully saturated rings. The van der Waals surface area contributed by atoms with Gasteiger partial charge in [-0.1, -0.05) is 19.3 Å². The molecule has 2 amide bonds. The van der Waals surface area contributed by atoms with Gasteiger partial charge in [-0.05, 0) is 25.0 Å². The van der Waals surface area contributed by atoms with Gasteiger partial charge in [0.2, 0.25) is 5.88 Å². The van der Waals surface area contributed by atoms with Gasteiger partial charge in [0.15, 0.2) is 0 Å². The van der Waals surface area contributed by atoms with Crippen LogP contribution in [0.2, 0.25) is 0 Å². The molecular weight excluding hydrogens is 298 g/mol. The Labute approximate surface area is 135 Å². The Bertz CT molecular complexity index is 550. The van der Waals surface area contributed by atoms with Crippen molar-refractivity contribution in [2.45, 2.75) is 38.1 Å². The molecule has 2 atom stereocenters. The molecule has 1 aliphatic rings. The van der Waals surface area contributed by atoms with Crippen LogP contribution in [0.15, 0.2) is 18.3 Å². The minimum Gasteiger partial charge on any atom is -0.480 e. The number of methoxy groups -OCH3 is 2. The number of hydrogen-bond acceptors (Lipinski definition) is 5. The number of aromatic nitrogens is 1. The Morgan fingerprint density at radius 2 is 2.00 bits per heavy atom. The number of esters is 1. The number of carbonyl (C=O) groups excluding carboxylic acids is 2. The zero-order valence-electron chi connectivity index (χ0n) is 13.5. The molecule has 7 heteroatoms. The molecule has 1 aromatic rings. The van der Waals surface area contributed by atoms with E-state index in [-0.39, 0.29) is 24.0 Å². The van der Waals surface area contributed by atoms with Gasteiger partial charge in [0.1, 0.15) is 5.69 Å². The van der Waals surface area contributed by atoms with Gasteiger partial charge >= 0.3 is 12.0 Å². The van der Waals surface area contributed by atoms with Gasteiger partial charge in [-0.15, -0.1) is 0 Å². The Kier molecular flexibility index (Phi) is 6.19. The van der Waals surface area contributed by atoms with Crippen molar-refractivity contribution in [2.24, 2.45) is 5.92 Å². The minimum atomic E-state index is -0.378. The van der Waals surface area contributed by atoms with E-state index in [1.807, 2.05) is 0 Å². The Morgan fingerprint density at radius 3 is 2.74 bits per heavy atom. The molecule has 0 saturated heterocycles. The second-order valence-electron chi connectivity index (χ2n) is 5.53. The normalized spacial score (nSPS) is 21.0. The van der Waals surface area contributed by atoms with Crippen molar-refractivity contribution in [3.63, 3.8) is 0 Å². The third-order valence-electron chi connectivity index (χ3n) is 4.05. The largest absolute Gasteiger partial charge is 0.480 e. The molecule has 0 radical (unpaired) electrons. The number of carbonyl (C=O) groups is 2. The van der Waals surface area contributed by atoms with Gasteiger partial charge in [-0.25, -0.2) is 9.78 Å². The number of nitrogens with one attached hydrogen (secondary N) is 2. The highest BCUT2D eigenvalue weighted by Gasteiger charge is 2.31. The monoisotopic (exact) mass is 321 g/mol. The average Bonchev–Trinajstić information content (AvgIpc) is 2.80. The highest BCUT2D eigenvalue weighted by atomic mass is 16.5. The number of amides is 2. The fourth-order valence-corrected chi connectivity index (χ4v) is 2.89. The maximum atomic E-state index is 12.3. The van der Waals surface area contributed by atoms with Gasteiger partial charge in [0.05, 0.1) is 20.1 Å². The standard InChI is InChI=1S/C16H23N3O4/c1-22-14-13(9-6-10-17-14)19-16(21)18-12-8-5-3-4-7-11(12)15(20)23-2/h6,9-12H,3-5,7-8H2,1-2H3,(H2,18,19,21). The molecule has 0 aliphatic heterocycles. The molecular formula is C16H23N3O4. The summed E-state index contributed by atoms with van der Waals surface area (Å²) in [6.45, 7) is 0. The van der Waals surface area contributed by atoms with E-state index in [0.717, 1.165) is 32.1 Å². The van der Waals surface area contributed by atoms with Crippen LogP contribution in [-0.2, 0) is 9.53 Å². The average molecular weight is 321 g/mol. The van der Waals surface area contributed by atoms with E-state index in [4.69, 9.17) is 9.47 Å². The smallest absolute Gasteiger partial charge is 0.319 e. The topological polar surface area (TPSA) is 89.5 Å². The summed E-state index contributed by atoms with van der Waals surface area (Å²) in [6, 6.07) is 2.81. The van der Waals surface area contributed by atoms with Crippen molar-refractivity contribution in [2.75, 3.05) is 19.5 Å². The van der Waals surface area contributed by atoms with Crippen molar-refractivity contribution in [3.05, 3.63) is 18.3 Å². The number of rotatable bonds is 4. The second kappa shape index (κ2) is 8.36. The first-order valence-electron chi connectivity index (χ1n) is 7.80. The van der Waals surface area contributed by atoms with Gasteiger partial charge in [-0.2, -0.15) is 0 Å². The van der Waals surface area contributed by atoms with E-state index in [9.17, 15) is 9.59 Å². The van der Waals surface area contributed by atoms with E-state index in [0.29, 0.717) is 11.6 Å². The van der Waals surface area contributed by atoms with Crippen LogP contribution in [0.25, 0.3) is 0 Å². The predicted octanol–water partition coefficient (Wildman–Crippen LogP) is 2.33. The lowest BCUT2D eigenvalue weighted by atomic mass is 9.95. The van der Waals surface area contributed by atoms with Crippen molar-refractivity contribution in [1.82, 2.24) is 10.3 Å². The van der Waals surface area contributed by atoms with Crippen LogP contribution in [0.5, 0.6) is 5.88 Å². The van der Waals surface area contributed by atoms with Gasteiger partial charge in [0.25, 0.3) is 0 Å². The fourth-order valence-electron chi connectivity index (χ4n) is 2.89. The highest BCUT2D eigenvalue weighted by molar-refractivity contribution is 5.91.